The molecule has 0 spiro atoms. The highest BCUT2D eigenvalue weighted by atomic mass is 15.1. The summed E-state index contributed by atoms with van der Waals surface area (Å²) in [7, 11) is 0. The minimum Gasteiger partial charge on any atom is -0.311 e. The molecule has 0 saturated carbocycles. The van der Waals surface area contributed by atoms with Crippen LogP contribution in [0, 0.1) is 0 Å². The first-order valence-corrected chi connectivity index (χ1v) is 22.5. The lowest BCUT2D eigenvalue weighted by Gasteiger charge is -2.26. The van der Waals surface area contributed by atoms with Crippen molar-refractivity contribution in [2.45, 2.75) is 0 Å². The number of hydrogen-bond acceptors (Lipinski definition) is 2. The molecule has 0 aliphatic rings. The van der Waals surface area contributed by atoms with Gasteiger partial charge in [-0.3, -0.25) is 0 Å². The first kappa shape index (κ1) is 38.8. The van der Waals surface area contributed by atoms with Crippen LogP contribution in [0.25, 0.3) is 67.1 Å². The van der Waals surface area contributed by atoms with Crippen molar-refractivity contribution in [1.82, 2.24) is 9.13 Å². The zero-order valence-electron chi connectivity index (χ0n) is 36.2. The van der Waals surface area contributed by atoms with Gasteiger partial charge >= 0.3 is 0 Å². The zero-order valence-corrected chi connectivity index (χ0v) is 36.2. The number of para-hydroxylation sites is 6. The lowest BCUT2D eigenvalue weighted by atomic mass is 10.1. The average molecular weight is 845 g/mol. The molecule has 0 amide bonds. The molecule has 12 aromatic rings. The van der Waals surface area contributed by atoms with Crippen LogP contribution in [0.15, 0.2) is 255 Å². The molecule has 0 aliphatic heterocycles. The van der Waals surface area contributed by atoms with Gasteiger partial charge in [0.15, 0.2) is 0 Å². The minimum atomic E-state index is 1.08. The van der Waals surface area contributed by atoms with Crippen LogP contribution in [-0.2, 0) is 0 Å². The smallest absolute Gasteiger partial charge is 0.0541 e. The third-order valence-corrected chi connectivity index (χ3v) is 12.7. The maximum Gasteiger partial charge on any atom is 0.0541 e. The summed E-state index contributed by atoms with van der Waals surface area (Å²) in [5.41, 5.74) is 15.9. The van der Waals surface area contributed by atoms with Gasteiger partial charge < -0.3 is 18.9 Å². The zero-order chi connectivity index (χ0) is 43.8. The monoisotopic (exact) mass is 844 g/mol. The fourth-order valence-electron chi connectivity index (χ4n) is 9.61. The van der Waals surface area contributed by atoms with Gasteiger partial charge in [0.1, 0.15) is 0 Å². The number of nitrogens with zero attached hydrogens (tertiary/aromatic N) is 4. The van der Waals surface area contributed by atoms with E-state index in [1.165, 1.54) is 43.6 Å². The Morgan fingerprint density at radius 1 is 0.227 bits per heavy atom. The first-order chi connectivity index (χ1) is 32.7. The summed E-state index contributed by atoms with van der Waals surface area (Å²) in [6.45, 7) is 0. The largest absolute Gasteiger partial charge is 0.311 e. The first-order valence-electron chi connectivity index (χ1n) is 22.5. The maximum absolute atomic E-state index is 2.37. The van der Waals surface area contributed by atoms with E-state index >= 15 is 0 Å². The molecule has 0 aliphatic carbocycles. The van der Waals surface area contributed by atoms with Crippen molar-refractivity contribution < 1.29 is 0 Å². The molecular weight excluding hydrogens is 801 g/mol. The molecule has 312 valence electrons. The Morgan fingerprint density at radius 2 is 0.470 bits per heavy atom. The van der Waals surface area contributed by atoms with Crippen LogP contribution in [0.3, 0.4) is 0 Å². The summed E-state index contributed by atoms with van der Waals surface area (Å²) in [4.78, 5) is 4.64. The van der Waals surface area contributed by atoms with Crippen LogP contribution in [0.4, 0.5) is 34.1 Å². The van der Waals surface area contributed by atoms with Gasteiger partial charge in [0.05, 0.1) is 22.1 Å². The van der Waals surface area contributed by atoms with Gasteiger partial charge in [-0.2, -0.15) is 0 Å². The number of rotatable bonds is 10. The SMILES string of the molecule is C(=Cc1ccc(N(c2ccc(-n3c4ccccc4c4ccccc43)cc2)c2ccc(-n3c4ccccc4c4ccccc43)cc2)cc1)c1ccc(N(c2ccccc2)c2ccccc2)cc1. The second kappa shape index (κ2) is 16.7. The van der Waals surface area contributed by atoms with Gasteiger partial charge in [-0.05, 0) is 132 Å². The molecule has 10 aromatic carbocycles. The topological polar surface area (TPSA) is 16.3 Å². The molecule has 0 atom stereocenters. The predicted molar refractivity (Wildman–Crippen MR) is 280 cm³/mol. The van der Waals surface area contributed by atoms with Crippen molar-refractivity contribution in [1.29, 1.82) is 0 Å². The van der Waals surface area contributed by atoms with Crippen LogP contribution < -0.4 is 9.80 Å². The normalized spacial score (nSPS) is 11.6. The second-order valence-electron chi connectivity index (χ2n) is 16.6. The van der Waals surface area contributed by atoms with E-state index < -0.39 is 0 Å². The Bertz CT molecular complexity index is 3360. The molecule has 4 heteroatoms. The van der Waals surface area contributed by atoms with Crippen LogP contribution in [-0.4, -0.2) is 9.13 Å². The molecule has 66 heavy (non-hydrogen) atoms. The third-order valence-electron chi connectivity index (χ3n) is 12.7. The van der Waals surface area contributed by atoms with Gasteiger partial charge in [-0.25, -0.2) is 0 Å². The van der Waals surface area contributed by atoms with Gasteiger partial charge in [0, 0.05) is 67.0 Å². The highest BCUT2D eigenvalue weighted by Gasteiger charge is 2.17. The van der Waals surface area contributed by atoms with Crippen molar-refractivity contribution in [3.05, 3.63) is 266 Å². The molecule has 2 heterocycles. The van der Waals surface area contributed by atoms with Crippen molar-refractivity contribution in [3.8, 4) is 11.4 Å². The van der Waals surface area contributed by atoms with E-state index in [2.05, 4.69) is 286 Å². The molecule has 4 nitrogen and oxygen atoms in total. The molecule has 0 unspecified atom stereocenters. The molecule has 0 radical (unpaired) electrons. The summed E-state index contributed by atoms with van der Waals surface area (Å²) in [5.74, 6) is 0. The number of aromatic nitrogens is 2. The van der Waals surface area contributed by atoms with E-state index in [-0.39, 0.29) is 0 Å². The van der Waals surface area contributed by atoms with Crippen LogP contribution in [0.2, 0.25) is 0 Å². The van der Waals surface area contributed by atoms with Gasteiger partial charge in [0.25, 0.3) is 0 Å². The van der Waals surface area contributed by atoms with E-state index in [4.69, 9.17) is 0 Å². The van der Waals surface area contributed by atoms with Crippen LogP contribution in [0.5, 0.6) is 0 Å². The van der Waals surface area contributed by atoms with Gasteiger partial charge in [-0.1, -0.05) is 146 Å². The fraction of sp³-hybridized carbons (Fsp3) is 0. The summed E-state index contributed by atoms with van der Waals surface area (Å²) in [6.07, 6.45) is 4.38. The van der Waals surface area contributed by atoms with Crippen LogP contribution >= 0.6 is 0 Å². The molecular formula is C62H44N4. The molecule has 2 aromatic heterocycles. The molecule has 0 saturated heterocycles. The fourth-order valence-corrected chi connectivity index (χ4v) is 9.61. The Kier molecular flexibility index (Phi) is 9.81. The Hall–Kier alpha value is -8.86. The molecule has 0 bridgehead atoms. The van der Waals surface area contributed by atoms with E-state index in [0.29, 0.717) is 0 Å². The third kappa shape index (κ3) is 6.98. The van der Waals surface area contributed by atoms with Crippen molar-refractivity contribution >= 4 is 89.9 Å². The molecule has 12 rings (SSSR count). The highest BCUT2D eigenvalue weighted by molar-refractivity contribution is 6.10. The second-order valence-corrected chi connectivity index (χ2v) is 16.6. The van der Waals surface area contributed by atoms with E-state index in [0.717, 1.165) is 56.6 Å². The quantitative estimate of drug-likeness (QED) is 0.128. The Labute approximate surface area is 384 Å². The van der Waals surface area contributed by atoms with Crippen molar-refractivity contribution in [2.24, 2.45) is 0 Å². The van der Waals surface area contributed by atoms with Gasteiger partial charge in [-0.15, -0.1) is 0 Å². The van der Waals surface area contributed by atoms with E-state index in [1.54, 1.807) is 0 Å². The number of anilines is 6. The summed E-state index contributed by atoms with van der Waals surface area (Å²) in [5, 5.41) is 5.02. The number of hydrogen-bond donors (Lipinski definition) is 0. The van der Waals surface area contributed by atoms with Crippen molar-refractivity contribution in [3.63, 3.8) is 0 Å². The summed E-state index contributed by atoms with van der Waals surface area (Å²) >= 11 is 0. The van der Waals surface area contributed by atoms with E-state index in [1.807, 2.05) is 0 Å². The standard InChI is InChI=1S/C62H44N4/c1-3-15-47(16-4-1)63(48-17-5-2-6-18-48)49-33-29-45(30-34-49)27-28-46-31-35-50(36-32-46)64(51-37-41-53(42-38-51)65-59-23-11-7-19-55(59)56-20-8-12-24-60(56)65)52-39-43-54(44-40-52)66-61-25-13-9-21-57(61)58-22-10-14-26-62(58)66/h1-44H. The predicted octanol–water partition coefficient (Wildman–Crippen LogP) is 17.0. The highest BCUT2D eigenvalue weighted by Crippen LogP contribution is 2.39. The van der Waals surface area contributed by atoms with Gasteiger partial charge in [0.2, 0.25) is 0 Å². The van der Waals surface area contributed by atoms with Crippen LogP contribution in [0.1, 0.15) is 11.1 Å². The molecule has 0 fully saturated rings. The van der Waals surface area contributed by atoms with E-state index in [9.17, 15) is 0 Å². The lowest BCUT2D eigenvalue weighted by Crippen LogP contribution is -2.10. The lowest BCUT2D eigenvalue weighted by molar-refractivity contribution is 1.17. The average Bonchev–Trinajstić information content (AvgIpc) is 3.91. The Balaban J connectivity index is 0.883. The minimum absolute atomic E-state index is 1.08. The summed E-state index contributed by atoms with van der Waals surface area (Å²) in [6, 6.07) is 91.3. The number of fused-ring (bicyclic) bond motifs is 6. The number of benzene rings is 10. The summed E-state index contributed by atoms with van der Waals surface area (Å²) < 4.78 is 4.74. The van der Waals surface area contributed by atoms with Crippen molar-refractivity contribution in [2.75, 3.05) is 9.80 Å². The molecule has 0 N–H and O–H groups in total. The Morgan fingerprint density at radius 3 is 0.773 bits per heavy atom. The maximum atomic E-state index is 2.37.